The van der Waals surface area contributed by atoms with Crippen molar-refractivity contribution in [3.8, 4) is 0 Å². The number of hydrogen-bond donors (Lipinski definition) is 0. The van der Waals surface area contributed by atoms with Gasteiger partial charge in [-0.15, -0.1) is 10.2 Å². The molecule has 1 aromatic heterocycles. The van der Waals surface area contributed by atoms with Crippen molar-refractivity contribution < 1.29 is 22.4 Å². The van der Waals surface area contributed by atoms with Gasteiger partial charge in [0.25, 0.3) is 0 Å². The third kappa shape index (κ3) is 3.95. The lowest BCUT2D eigenvalue weighted by Crippen LogP contribution is -2.38. The summed E-state index contributed by atoms with van der Waals surface area (Å²) in [5, 5.41) is 6.52. The largest absolute Gasteiger partial charge is 0.470 e. The maximum absolute atomic E-state index is 12.4. The highest BCUT2D eigenvalue weighted by atomic mass is 19.4. The molecule has 0 radical (unpaired) electrons. The summed E-state index contributed by atoms with van der Waals surface area (Å²) in [7, 11) is 0. The van der Waals surface area contributed by atoms with E-state index >= 15 is 0 Å². The molecule has 1 aliphatic heterocycles. The molecule has 1 fully saturated rings. The van der Waals surface area contributed by atoms with E-state index in [4.69, 9.17) is 4.42 Å². The molecule has 1 amide bonds. The standard InChI is InChI=1S/C13H18F3N3O2/c1-8(2)7-10(20)19-5-3-9(4-6-19)11-17-18-12(21-11)13(14,15)16/h8-9H,3-7H2,1-2H3. The quantitative estimate of drug-likeness (QED) is 0.861. The number of carbonyl (C=O) groups is 1. The first-order valence-corrected chi connectivity index (χ1v) is 6.95. The Morgan fingerprint density at radius 3 is 2.43 bits per heavy atom. The molecule has 5 nitrogen and oxygen atoms in total. The van der Waals surface area contributed by atoms with Crippen molar-refractivity contribution in [1.29, 1.82) is 0 Å². The number of nitrogens with zero attached hydrogens (tertiary/aromatic N) is 3. The summed E-state index contributed by atoms with van der Waals surface area (Å²) >= 11 is 0. The van der Waals surface area contributed by atoms with Gasteiger partial charge >= 0.3 is 12.1 Å². The Bertz CT molecular complexity index is 491. The molecule has 0 unspecified atom stereocenters. The zero-order valence-corrected chi connectivity index (χ0v) is 12.0. The molecule has 1 aromatic rings. The minimum Gasteiger partial charge on any atom is -0.417 e. The average molecular weight is 305 g/mol. The lowest BCUT2D eigenvalue weighted by atomic mass is 9.96. The van der Waals surface area contributed by atoms with Gasteiger partial charge in [-0.05, 0) is 18.8 Å². The van der Waals surface area contributed by atoms with Crippen LogP contribution in [0.5, 0.6) is 0 Å². The van der Waals surface area contributed by atoms with Gasteiger partial charge in [0.2, 0.25) is 11.8 Å². The van der Waals surface area contributed by atoms with E-state index in [1.165, 1.54) is 0 Å². The van der Waals surface area contributed by atoms with E-state index in [1.807, 2.05) is 13.8 Å². The maximum Gasteiger partial charge on any atom is 0.470 e. The fourth-order valence-electron chi connectivity index (χ4n) is 2.37. The number of halogens is 3. The summed E-state index contributed by atoms with van der Waals surface area (Å²) in [5.41, 5.74) is 0. The molecule has 21 heavy (non-hydrogen) atoms. The Hall–Kier alpha value is -1.60. The molecule has 0 aromatic carbocycles. The summed E-state index contributed by atoms with van der Waals surface area (Å²) in [5.74, 6) is -1.13. The van der Waals surface area contributed by atoms with Gasteiger partial charge in [-0.3, -0.25) is 4.79 Å². The fraction of sp³-hybridized carbons (Fsp3) is 0.769. The topological polar surface area (TPSA) is 59.2 Å². The smallest absolute Gasteiger partial charge is 0.417 e. The van der Waals surface area contributed by atoms with E-state index in [2.05, 4.69) is 10.2 Å². The Kier molecular flexibility index (Phi) is 4.53. The predicted molar refractivity (Wildman–Crippen MR) is 67.3 cm³/mol. The molecule has 8 heteroatoms. The predicted octanol–water partition coefficient (Wildman–Crippen LogP) is 2.84. The van der Waals surface area contributed by atoms with Crippen LogP contribution in [0.15, 0.2) is 4.42 Å². The first kappa shape index (κ1) is 15.8. The highest BCUT2D eigenvalue weighted by Crippen LogP contribution is 2.32. The van der Waals surface area contributed by atoms with Crippen LogP contribution in [0, 0.1) is 5.92 Å². The normalized spacial score (nSPS) is 17.5. The molecule has 0 bridgehead atoms. The number of alkyl halides is 3. The van der Waals surface area contributed by atoms with Gasteiger partial charge in [0.15, 0.2) is 0 Å². The Balaban J connectivity index is 1.92. The van der Waals surface area contributed by atoms with Gasteiger partial charge in [0.05, 0.1) is 0 Å². The molecule has 0 N–H and O–H groups in total. The van der Waals surface area contributed by atoms with Crippen molar-refractivity contribution in [3.63, 3.8) is 0 Å². The highest BCUT2D eigenvalue weighted by Gasteiger charge is 2.39. The average Bonchev–Trinajstić information content (AvgIpc) is 2.87. The molecular weight excluding hydrogens is 287 g/mol. The maximum atomic E-state index is 12.4. The van der Waals surface area contributed by atoms with Gasteiger partial charge < -0.3 is 9.32 Å². The molecule has 118 valence electrons. The first-order valence-electron chi connectivity index (χ1n) is 6.95. The molecule has 2 heterocycles. The molecule has 1 saturated heterocycles. The second-order valence-corrected chi connectivity index (χ2v) is 5.70. The van der Waals surface area contributed by atoms with Crippen LogP contribution in [-0.2, 0) is 11.0 Å². The van der Waals surface area contributed by atoms with Gasteiger partial charge in [0, 0.05) is 25.4 Å². The van der Waals surface area contributed by atoms with Crippen LogP contribution in [0.3, 0.4) is 0 Å². The second-order valence-electron chi connectivity index (χ2n) is 5.70. The summed E-state index contributed by atoms with van der Waals surface area (Å²) in [6, 6.07) is 0. The molecule has 0 aliphatic carbocycles. The molecule has 0 atom stereocenters. The minimum absolute atomic E-state index is 0.0123. The molecule has 2 rings (SSSR count). The van der Waals surface area contributed by atoms with Crippen LogP contribution >= 0.6 is 0 Å². The summed E-state index contributed by atoms with van der Waals surface area (Å²) in [6.07, 6.45) is -3.03. The Morgan fingerprint density at radius 1 is 1.33 bits per heavy atom. The number of amides is 1. The van der Waals surface area contributed by atoms with Crippen LogP contribution in [0.1, 0.15) is 50.8 Å². The number of likely N-dealkylation sites (tertiary alicyclic amines) is 1. The van der Waals surface area contributed by atoms with Crippen molar-refractivity contribution in [3.05, 3.63) is 11.8 Å². The molecule has 1 aliphatic rings. The molecule has 0 saturated carbocycles. The number of carbonyl (C=O) groups excluding carboxylic acids is 1. The third-order valence-electron chi connectivity index (χ3n) is 3.46. The Labute approximate surface area is 120 Å². The monoisotopic (exact) mass is 305 g/mol. The van der Waals surface area contributed by atoms with E-state index in [9.17, 15) is 18.0 Å². The van der Waals surface area contributed by atoms with Crippen LogP contribution in [0.4, 0.5) is 13.2 Å². The summed E-state index contributed by atoms with van der Waals surface area (Å²) in [4.78, 5) is 13.7. The van der Waals surface area contributed by atoms with Crippen LogP contribution in [-0.4, -0.2) is 34.1 Å². The zero-order chi connectivity index (χ0) is 15.6. The SMILES string of the molecule is CC(C)CC(=O)N1CCC(c2nnc(C(F)(F)F)o2)CC1. The van der Waals surface area contributed by atoms with Gasteiger partial charge in [-0.2, -0.15) is 13.2 Å². The van der Waals surface area contributed by atoms with Crippen molar-refractivity contribution >= 4 is 5.91 Å². The van der Waals surface area contributed by atoms with Crippen molar-refractivity contribution in [2.75, 3.05) is 13.1 Å². The molecule has 0 spiro atoms. The second kappa shape index (κ2) is 6.03. The van der Waals surface area contributed by atoms with Gasteiger partial charge in [0.1, 0.15) is 0 Å². The van der Waals surface area contributed by atoms with Crippen molar-refractivity contribution in [1.82, 2.24) is 15.1 Å². The van der Waals surface area contributed by atoms with Gasteiger partial charge in [-0.1, -0.05) is 13.8 Å². The van der Waals surface area contributed by atoms with E-state index in [1.54, 1.807) is 4.90 Å². The van der Waals surface area contributed by atoms with Crippen LogP contribution < -0.4 is 0 Å². The minimum atomic E-state index is -4.61. The zero-order valence-electron chi connectivity index (χ0n) is 12.0. The van der Waals surface area contributed by atoms with Crippen molar-refractivity contribution in [2.45, 2.75) is 45.2 Å². The summed E-state index contributed by atoms with van der Waals surface area (Å²) < 4.78 is 41.9. The number of hydrogen-bond acceptors (Lipinski definition) is 4. The van der Waals surface area contributed by atoms with Crippen LogP contribution in [0.25, 0.3) is 0 Å². The van der Waals surface area contributed by atoms with E-state index in [-0.39, 0.29) is 17.7 Å². The number of aromatic nitrogens is 2. The number of piperidine rings is 1. The van der Waals surface area contributed by atoms with Crippen LogP contribution in [0.2, 0.25) is 0 Å². The first-order chi connectivity index (χ1) is 9.77. The fourth-order valence-corrected chi connectivity index (χ4v) is 2.37. The van der Waals surface area contributed by atoms with Crippen molar-refractivity contribution in [2.24, 2.45) is 5.92 Å². The lowest BCUT2D eigenvalue weighted by Gasteiger charge is -2.31. The lowest BCUT2D eigenvalue weighted by molar-refractivity contribution is -0.157. The highest BCUT2D eigenvalue weighted by molar-refractivity contribution is 5.76. The van der Waals surface area contributed by atoms with E-state index < -0.39 is 12.1 Å². The van der Waals surface area contributed by atoms with E-state index in [0.29, 0.717) is 38.3 Å². The summed E-state index contributed by atoms with van der Waals surface area (Å²) in [6.45, 7) is 4.98. The third-order valence-corrected chi connectivity index (χ3v) is 3.46. The van der Waals surface area contributed by atoms with E-state index in [0.717, 1.165) is 0 Å². The van der Waals surface area contributed by atoms with Gasteiger partial charge in [-0.25, -0.2) is 0 Å². The Morgan fingerprint density at radius 2 is 1.95 bits per heavy atom. The molecular formula is C13H18F3N3O2. The number of rotatable bonds is 3.